The SMILES string of the molecule is CN(C)CCNc1cccc2c(CC(F)(F)F)c(C#CCNc3cc(F)c(N4CCOCC4)cc3OC(F)F)sc12. The topological polar surface area (TPSA) is 49.0 Å². The van der Waals surface area contributed by atoms with Gasteiger partial charge in [0.1, 0.15) is 5.82 Å². The van der Waals surface area contributed by atoms with Crippen LogP contribution in [0, 0.1) is 17.7 Å². The fourth-order valence-corrected chi connectivity index (χ4v) is 5.57. The number of alkyl halides is 5. The fraction of sp³-hybridized carbons (Fsp3) is 0.429. The molecule has 0 atom stereocenters. The second-order valence-electron chi connectivity index (χ2n) is 9.55. The summed E-state index contributed by atoms with van der Waals surface area (Å²) in [6.45, 7) is -0.410. The number of thiophene rings is 1. The summed E-state index contributed by atoms with van der Waals surface area (Å²) in [5, 5.41) is 6.50. The van der Waals surface area contributed by atoms with E-state index in [0.717, 1.165) is 23.9 Å². The zero-order valence-corrected chi connectivity index (χ0v) is 23.3. The lowest BCUT2D eigenvalue weighted by molar-refractivity contribution is -0.126. The molecule has 222 valence electrons. The number of likely N-dealkylation sites (N-methyl/N-ethyl adjacent to an activating group) is 1. The van der Waals surface area contributed by atoms with E-state index in [1.807, 2.05) is 25.1 Å². The Morgan fingerprint density at radius 2 is 1.88 bits per heavy atom. The van der Waals surface area contributed by atoms with Crippen molar-refractivity contribution >= 4 is 38.5 Å². The Labute approximate surface area is 238 Å². The number of hydrogen-bond donors (Lipinski definition) is 2. The Morgan fingerprint density at radius 1 is 1.12 bits per heavy atom. The number of rotatable bonds is 10. The summed E-state index contributed by atoms with van der Waals surface area (Å²) in [6.07, 6.45) is -5.59. The second kappa shape index (κ2) is 13.5. The molecule has 2 heterocycles. The zero-order chi connectivity index (χ0) is 29.6. The molecule has 13 heteroatoms. The van der Waals surface area contributed by atoms with Gasteiger partial charge in [-0.1, -0.05) is 24.0 Å². The van der Waals surface area contributed by atoms with Crippen LogP contribution in [0.4, 0.5) is 43.4 Å². The first-order valence-electron chi connectivity index (χ1n) is 12.9. The normalized spacial score (nSPS) is 14.0. The van der Waals surface area contributed by atoms with Gasteiger partial charge in [0, 0.05) is 38.3 Å². The molecule has 0 saturated carbocycles. The molecule has 1 aliphatic heterocycles. The summed E-state index contributed by atoms with van der Waals surface area (Å²) in [5.74, 6) is 4.65. The molecule has 1 aromatic heterocycles. The molecular formula is C28H30F6N4O2S. The summed E-state index contributed by atoms with van der Waals surface area (Å²) in [4.78, 5) is 3.91. The van der Waals surface area contributed by atoms with E-state index in [-0.39, 0.29) is 34.1 Å². The average Bonchev–Trinajstić information content (AvgIpc) is 3.24. The van der Waals surface area contributed by atoms with E-state index in [1.54, 1.807) is 17.0 Å². The predicted molar refractivity (Wildman–Crippen MR) is 150 cm³/mol. The number of hydrogen-bond acceptors (Lipinski definition) is 7. The number of nitrogens with one attached hydrogen (secondary N) is 2. The third-order valence-corrected chi connectivity index (χ3v) is 7.45. The molecule has 1 saturated heterocycles. The van der Waals surface area contributed by atoms with Crippen molar-refractivity contribution in [2.24, 2.45) is 0 Å². The lowest BCUT2D eigenvalue weighted by Crippen LogP contribution is -2.36. The third-order valence-electron chi connectivity index (χ3n) is 6.26. The molecule has 1 aliphatic rings. The van der Waals surface area contributed by atoms with Crippen molar-refractivity contribution in [1.29, 1.82) is 0 Å². The van der Waals surface area contributed by atoms with Crippen molar-refractivity contribution < 1.29 is 35.8 Å². The van der Waals surface area contributed by atoms with Crippen LogP contribution in [0.3, 0.4) is 0 Å². The van der Waals surface area contributed by atoms with Gasteiger partial charge in [0.2, 0.25) is 0 Å². The lowest BCUT2D eigenvalue weighted by Gasteiger charge is -2.29. The summed E-state index contributed by atoms with van der Waals surface area (Å²) < 4.78 is 92.1. The first kappa shape index (κ1) is 30.6. The molecule has 2 N–H and O–H groups in total. The summed E-state index contributed by atoms with van der Waals surface area (Å²) >= 11 is 1.15. The zero-order valence-electron chi connectivity index (χ0n) is 22.5. The molecule has 1 fully saturated rings. The molecule has 3 aromatic rings. The fourth-order valence-electron chi connectivity index (χ4n) is 4.39. The van der Waals surface area contributed by atoms with Crippen molar-refractivity contribution in [1.82, 2.24) is 4.90 Å². The molecule has 0 amide bonds. The Morgan fingerprint density at radius 3 is 2.56 bits per heavy atom. The summed E-state index contributed by atoms with van der Waals surface area (Å²) in [5.41, 5.74) is 0.850. The molecule has 2 aromatic carbocycles. The Bertz CT molecular complexity index is 1390. The van der Waals surface area contributed by atoms with Crippen LogP contribution in [0.2, 0.25) is 0 Å². The van der Waals surface area contributed by atoms with E-state index in [4.69, 9.17) is 4.74 Å². The number of fused-ring (bicyclic) bond motifs is 1. The van der Waals surface area contributed by atoms with Gasteiger partial charge >= 0.3 is 12.8 Å². The summed E-state index contributed by atoms with van der Waals surface area (Å²) in [6, 6.07) is 7.39. The minimum Gasteiger partial charge on any atom is -0.433 e. The molecule has 0 aliphatic carbocycles. The standard InChI is InChI=1S/C28H30F6N4O2S/c1-37(2)10-9-36-21-6-3-5-18-19(17-28(32,33)34)25(41-26(18)21)7-4-8-35-22-15-20(29)23(16-24(22)40-27(30)31)38-11-13-39-14-12-38/h3,5-6,15-16,27,35-36H,8-14,17H2,1-2H3. The van der Waals surface area contributed by atoms with Gasteiger partial charge in [0.05, 0.1) is 52.8 Å². The van der Waals surface area contributed by atoms with E-state index in [0.29, 0.717) is 48.6 Å². The average molecular weight is 601 g/mol. The van der Waals surface area contributed by atoms with Crippen LogP contribution < -0.4 is 20.3 Å². The minimum atomic E-state index is -4.45. The molecule has 0 unspecified atom stereocenters. The van der Waals surface area contributed by atoms with Crippen molar-refractivity contribution in [2.45, 2.75) is 19.2 Å². The van der Waals surface area contributed by atoms with Gasteiger partial charge in [-0.05, 0) is 31.1 Å². The van der Waals surface area contributed by atoms with Crippen molar-refractivity contribution in [2.75, 3.05) is 75.6 Å². The van der Waals surface area contributed by atoms with E-state index in [1.165, 1.54) is 6.07 Å². The smallest absolute Gasteiger partial charge is 0.393 e. The first-order valence-corrected chi connectivity index (χ1v) is 13.7. The maximum atomic E-state index is 14.9. The largest absolute Gasteiger partial charge is 0.433 e. The van der Waals surface area contributed by atoms with Crippen LogP contribution in [0.25, 0.3) is 10.1 Å². The highest BCUT2D eigenvalue weighted by molar-refractivity contribution is 7.20. The van der Waals surface area contributed by atoms with Gasteiger partial charge in [-0.2, -0.15) is 22.0 Å². The third kappa shape index (κ3) is 8.34. The van der Waals surface area contributed by atoms with Gasteiger partial charge in [0.25, 0.3) is 0 Å². The monoisotopic (exact) mass is 600 g/mol. The van der Waals surface area contributed by atoms with Crippen molar-refractivity contribution in [3.05, 3.63) is 46.6 Å². The maximum Gasteiger partial charge on any atom is 0.393 e. The van der Waals surface area contributed by atoms with Gasteiger partial charge in [-0.25, -0.2) is 4.39 Å². The van der Waals surface area contributed by atoms with Crippen LogP contribution in [-0.2, 0) is 11.2 Å². The summed E-state index contributed by atoms with van der Waals surface area (Å²) in [7, 11) is 3.85. The van der Waals surface area contributed by atoms with Gasteiger partial charge in [0.15, 0.2) is 5.75 Å². The van der Waals surface area contributed by atoms with E-state index in [9.17, 15) is 26.3 Å². The molecule has 0 spiro atoms. The second-order valence-corrected chi connectivity index (χ2v) is 10.6. The Hall–Kier alpha value is -3.34. The van der Waals surface area contributed by atoms with Crippen LogP contribution in [0.15, 0.2) is 30.3 Å². The van der Waals surface area contributed by atoms with E-state index in [2.05, 4.69) is 27.2 Å². The lowest BCUT2D eigenvalue weighted by atomic mass is 10.1. The highest BCUT2D eigenvalue weighted by Crippen LogP contribution is 2.39. The predicted octanol–water partition coefficient (Wildman–Crippen LogP) is 6.02. The Balaban J connectivity index is 1.58. The minimum absolute atomic E-state index is 0.0478. The molecule has 0 bridgehead atoms. The van der Waals surface area contributed by atoms with E-state index >= 15 is 0 Å². The Kier molecular flexibility index (Phi) is 10.1. The number of ether oxygens (including phenoxy) is 2. The van der Waals surface area contributed by atoms with Crippen LogP contribution in [0.1, 0.15) is 10.4 Å². The van der Waals surface area contributed by atoms with Gasteiger partial charge in [-0.15, -0.1) is 11.3 Å². The number of morpholine rings is 1. The van der Waals surface area contributed by atoms with Gasteiger partial charge < -0.3 is 29.9 Å². The first-order chi connectivity index (χ1) is 19.5. The highest BCUT2D eigenvalue weighted by atomic mass is 32.1. The van der Waals surface area contributed by atoms with Crippen LogP contribution >= 0.6 is 11.3 Å². The van der Waals surface area contributed by atoms with Gasteiger partial charge in [-0.3, -0.25) is 0 Å². The number of nitrogens with zero attached hydrogens (tertiary/aromatic N) is 2. The maximum absolute atomic E-state index is 14.9. The molecule has 6 nitrogen and oxygen atoms in total. The molecule has 0 radical (unpaired) electrons. The molecular weight excluding hydrogens is 570 g/mol. The quantitative estimate of drug-likeness (QED) is 0.219. The van der Waals surface area contributed by atoms with Crippen molar-refractivity contribution in [3.8, 4) is 17.6 Å². The number of anilines is 3. The van der Waals surface area contributed by atoms with E-state index < -0.39 is 25.0 Å². The molecule has 4 rings (SSSR count). The highest BCUT2D eigenvalue weighted by Gasteiger charge is 2.31. The van der Waals surface area contributed by atoms with Crippen LogP contribution in [-0.4, -0.2) is 77.7 Å². The van der Waals surface area contributed by atoms with Crippen molar-refractivity contribution in [3.63, 3.8) is 0 Å². The molecule has 41 heavy (non-hydrogen) atoms. The number of benzene rings is 2. The number of halogens is 6. The van der Waals surface area contributed by atoms with Crippen LogP contribution in [0.5, 0.6) is 5.75 Å².